The highest BCUT2D eigenvalue weighted by Gasteiger charge is 2.08. The van der Waals surface area contributed by atoms with Gasteiger partial charge in [-0.3, -0.25) is 0 Å². The number of hydrogen-bond donors (Lipinski definition) is 1. The Bertz CT molecular complexity index is 551. The van der Waals surface area contributed by atoms with Crippen LogP contribution in [0.1, 0.15) is 23.7 Å². The van der Waals surface area contributed by atoms with E-state index in [0.29, 0.717) is 6.61 Å². The van der Waals surface area contributed by atoms with Crippen molar-refractivity contribution in [1.29, 1.82) is 0 Å². The van der Waals surface area contributed by atoms with Crippen LogP contribution >= 0.6 is 11.3 Å². The van der Waals surface area contributed by atoms with Gasteiger partial charge in [-0.1, -0.05) is 0 Å². The minimum Gasteiger partial charge on any atom is -0.492 e. The molecule has 1 unspecified atom stereocenters. The van der Waals surface area contributed by atoms with Crippen LogP contribution in [0.15, 0.2) is 29.6 Å². The van der Waals surface area contributed by atoms with Gasteiger partial charge in [-0.25, -0.2) is 4.98 Å². The van der Waals surface area contributed by atoms with E-state index in [0.717, 1.165) is 28.7 Å². The highest BCUT2D eigenvalue weighted by molar-refractivity contribution is 7.09. The lowest BCUT2D eigenvalue weighted by Gasteiger charge is -2.14. The van der Waals surface area contributed by atoms with E-state index in [2.05, 4.69) is 27.5 Å². The van der Waals surface area contributed by atoms with Crippen molar-refractivity contribution in [2.45, 2.75) is 19.9 Å². The fourth-order valence-corrected chi connectivity index (χ4v) is 2.60. The van der Waals surface area contributed by atoms with Crippen LogP contribution in [0.4, 0.5) is 5.69 Å². The lowest BCUT2D eigenvalue weighted by molar-refractivity contribution is 0.261. The molecule has 0 bridgehead atoms. The van der Waals surface area contributed by atoms with Crippen molar-refractivity contribution in [3.63, 3.8) is 0 Å². The first-order valence-electron chi connectivity index (χ1n) is 7.11. The van der Waals surface area contributed by atoms with Crippen LogP contribution in [-0.4, -0.2) is 37.1 Å². The average Bonchev–Trinajstić information content (AvgIpc) is 2.87. The number of anilines is 1. The van der Waals surface area contributed by atoms with Crippen LogP contribution in [-0.2, 0) is 0 Å². The summed E-state index contributed by atoms with van der Waals surface area (Å²) in [5.74, 6) is 0.902. The summed E-state index contributed by atoms with van der Waals surface area (Å²) in [5.41, 5.74) is 2.16. The van der Waals surface area contributed by atoms with Gasteiger partial charge in [-0.2, -0.15) is 0 Å². The standard InChI is InChI=1S/C16H23N3OS/c1-12(16-11-21-13(2)18-16)17-14-5-7-15(8-6-14)20-10-9-19(3)4/h5-8,11-12,17H,9-10H2,1-4H3. The molecule has 2 rings (SSSR count). The van der Waals surface area contributed by atoms with Gasteiger partial charge >= 0.3 is 0 Å². The van der Waals surface area contributed by atoms with Crippen LogP contribution in [0.5, 0.6) is 5.75 Å². The number of ether oxygens (including phenoxy) is 1. The quantitative estimate of drug-likeness (QED) is 0.848. The first kappa shape index (κ1) is 15.8. The van der Waals surface area contributed by atoms with Crippen molar-refractivity contribution < 1.29 is 4.74 Å². The zero-order chi connectivity index (χ0) is 15.2. The van der Waals surface area contributed by atoms with E-state index in [1.807, 2.05) is 45.3 Å². The molecule has 114 valence electrons. The highest BCUT2D eigenvalue weighted by Crippen LogP contribution is 2.22. The Morgan fingerprint density at radius 2 is 2.00 bits per heavy atom. The summed E-state index contributed by atoms with van der Waals surface area (Å²) < 4.78 is 5.68. The first-order valence-corrected chi connectivity index (χ1v) is 7.98. The molecule has 1 heterocycles. The maximum atomic E-state index is 5.68. The fraction of sp³-hybridized carbons (Fsp3) is 0.438. The van der Waals surface area contributed by atoms with Crippen molar-refractivity contribution in [1.82, 2.24) is 9.88 Å². The van der Waals surface area contributed by atoms with Crippen LogP contribution in [0.2, 0.25) is 0 Å². The molecule has 1 N–H and O–H groups in total. The van der Waals surface area contributed by atoms with Crippen molar-refractivity contribution in [2.24, 2.45) is 0 Å². The number of benzene rings is 1. The zero-order valence-corrected chi connectivity index (χ0v) is 13.9. The molecule has 1 atom stereocenters. The van der Waals surface area contributed by atoms with E-state index in [9.17, 15) is 0 Å². The topological polar surface area (TPSA) is 37.4 Å². The molecule has 1 aromatic carbocycles. The van der Waals surface area contributed by atoms with E-state index in [-0.39, 0.29) is 6.04 Å². The smallest absolute Gasteiger partial charge is 0.119 e. The van der Waals surface area contributed by atoms with Crippen LogP contribution in [0, 0.1) is 6.92 Å². The lowest BCUT2D eigenvalue weighted by atomic mass is 10.2. The van der Waals surface area contributed by atoms with E-state index in [1.54, 1.807) is 11.3 Å². The molecule has 0 aliphatic rings. The lowest BCUT2D eigenvalue weighted by Crippen LogP contribution is -2.19. The molecule has 0 saturated heterocycles. The number of aryl methyl sites for hydroxylation is 1. The molecular weight excluding hydrogens is 282 g/mol. The van der Waals surface area contributed by atoms with Gasteiger partial charge in [-0.05, 0) is 52.2 Å². The summed E-state index contributed by atoms with van der Waals surface area (Å²) in [4.78, 5) is 6.61. The Labute approximate surface area is 130 Å². The number of nitrogens with one attached hydrogen (secondary N) is 1. The summed E-state index contributed by atoms with van der Waals surface area (Å²) in [7, 11) is 4.08. The monoisotopic (exact) mass is 305 g/mol. The van der Waals surface area contributed by atoms with E-state index >= 15 is 0 Å². The van der Waals surface area contributed by atoms with Gasteiger partial charge in [0.15, 0.2) is 0 Å². The van der Waals surface area contributed by atoms with Crippen molar-refractivity contribution in [2.75, 3.05) is 32.6 Å². The zero-order valence-electron chi connectivity index (χ0n) is 13.1. The second-order valence-electron chi connectivity index (χ2n) is 5.33. The van der Waals surface area contributed by atoms with Gasteiger partial charge in [-0.15, -0.1) is 11.3 Å². The maximum absolute atomic E-state index is 5.68. The largest absolute Gasteiger partial charge is 0.492 e. The minimum atomic E-state index is 0.204. The van der Waals surface area contributed by atoms with Crippen molar-refractivity contribution in [3.8, 4) is 5.75 Å². The maximum Gasteiger partial charge on any atom is 0.119 e. The molecule has 0 spiro atoms. The van der Waals surface area contributed by atoms with Gasteiger partial charge in [0.1, 0.15) is 12.4 Å². The van der Waals surface area contributed by atoms with Gasteiger partial charge < -0.3 is 15.0 Å². The number of hydrogen-bond acceptors (Lipinski definition) is 5. The third kappa shape index (κ3) is 5.02. The molecule has 21 heavy (non-hydrogen) atoms. The minimum absolute atomic E-state index is 0.204. The molecule has 0 radical (unpaired) electrons. The number of rotatable bonds is 7. The molecule has 0 aliphatic carbocycles. The Morgan fingerprint density at radius 1 is 1.29 bits per heavy atom. The molecule has 0 fully saturated rings. The van der Waals surface area contributed by atoms with Gasteiger partial charge in [0, 0.05) is 17.6 Å². The average molecular weight is 305 g/mol. The van der Waals surface area contributed by atoms with Crippen LogP contribution in [0.25, 0.3) is 0 Å². The molecular formula is C16H23N3OS. The van der Waals surface area contributed by atoms with Gasteiger partial charge in [0.25, 0.3) is 0 Å². The number of thiazole rings is 1. The van der Waals surface area contributed by atoms with Crippen molar-refractivity contribution in [3.05, 3.63) is 40.3 Å². The van der Waals surface area contributed by atoms with E-state index in [4.69, 9.17) is 4.74 Å². The van der Waals surface area contributed by atoms with Gasteiger partial charge in [0.2, 0.25) is 0 Å². The molecule has 4 nitrogen and oxygen atoms in total. The SMILES string of the molecule is Cc1nc(C(C)Nc2ccc(OCCN(C)C)cc2)cs1. The summed E-state index contributed by atoms with van der Waals surface area (Å²) in [6.07, 6.45) is 0. The van der Waals surface area contributed by atoms with Crippen LogP contribution in [0.3, 0.4) is 0 Å². The van der Waals surface area contributed by atoms with Crippen LogP contribution < -0.4 is 10.1 Å². The second-order valence-corrected chi connectivity index (χ2v) is 6.40. The second kappa shape index (κ2) is 7.43. The Morgan fingerprint density at radius 3 is 2.57 bits per heavy atom. The first-order chi connectivity index (χ1) is 10.0. The Kier molecular flexibility index (Phi) is 5.59. The fourth-order valence-electron chi connectivity index (χ4n) is 1.90. The molecule has 5 heteroatoms. The van der Waals surface area contributed by atoms with Gasteiger partial charge in [0.05, 0.1) is 16.7 Å². The number of nitrogens with zero attached hydrogens (tertiary/aromatic N) is 2. The summed E-state index contributed by atoms with van der Waals surface area (Å²) in [6.45, 7) is 5.77. The molecule has 0 amide bonds. The predicted molar refractivity (Wildman–Crippen MR) is 89.4 cm³/mol. The normalized spacial score (nSPS) is 12.4. The summed E-state index contributed by atoms with van der Waals surface area (Å²) >= 11 is 1.68. The summed E-state index contributed by atoms with van der Waals surface area (Å²) in [6, 6.07) is 8.28. The molecule has 2 aromatic rings. The molecule has 1 aromatic heterocycles. The third-order valence-corrected chi connectivity index (χ3v) is 3.92. The molecule has 0 aliphatic heterocycles. The Balaban J connectivity index is 1.87. The highest BCUT2D eigenvalue weighted by atomic mass is 32.1. The van der Waals surface area contributed by atoms with E-state index in [1.165, 1.54) is 0 Å². The summed E-state index contributed by atoms with van der Waals surface area (Å²) in [5, 5.41) is 6.66. The number of likely N-dealkylation sites (N-methyl/N-ethyl adjacent to an activating group) is 1. The Hall–Kier alpha value is -1.59. The third-order valence-electron chi connectivity index (χ3n) is 3.13. The number of aromatic nitrogens is 1. The van der Waals surface area contributed by atoms with Crippen molar-refractivity contribution >= 4 is 17.0 Å². The van der Waals surface area contributed by atoms with E-state index < -0.39 is 0 Å². The predicted octanol–water partition coefficient (Wildman–Crippen LogP) is 3.57. The molecule has 0 saturated carbocycles.